The highest BCUT2D eigenvalue weighted by atomic mass is 15.1. The highest BCUT2D eigenvalue weighted by molar-refractivity contribution is 6.06. The number of nitrogens with one attached hydrogen (secondary N) is 2. The zero-order valence-corrected chi connectivity index (χ0v) is 11.1. The summed E-state index contributed by atoms with van der Waals surface area (Å²) in [6, 6.07) is 2.18. The van der Waals surface area contributed by atoms with Gasteiger partial charge < -0.3 is 14.9 Å². The molecule has 0 aliphatic rings. The van der Waals surface area contributed by atoms with Crippen LogP contribution in [-0.4, -0.2) is 26.6 Å². The van der Waals surface area contributed by atoms with Gasteiger partial charge in [0.15, 0.2) is 5.82 Å². The molecule has 18 heavy (non-hydrogen) atoms. The van der Waals surface area contributed by atoms with Gasteiger partial charge in [0.1, 0.15) is 11.2 Å². The maximum absolute atomic E-state index is 4.60. The van der Waals surface area contributed by atoms with Crippen molar-refractivity contribution in [2.24, 2.45) is 7.05 Å². The lowest BCUT2D eigenvalue weighted by atomic mass is 10.1. The third kappa shape index (κ3) is 1.40. The standard InChI is InChI=1S/C13H17N5/c1-7(2)9-5-8-11-10(15-6-18(11)4)13(14-3)17-12(8)16-9/h5-7H,1-4H3,(H2,14,16,17). The fraction of sp³-hybridized carbons (Fsp3) is 0.385. The van der Waals surface area contributed by atoms with Crippen LogP contribution in [0, 0.1) is 0 Å². The van der Waals surface area contributed by atoms with Gasteiger partial charge in [0.2, 0.25) is 0 Å². The van der Waals surface area contributed by atoms with Crippen molar-refractivity contribution in [2.75, 3.05) is 12.4 Å². The van der Waals surface area contributed by atoms with Crippen LogP contribution in [0.15, 0.2) is 12.4 Å². The first-order valence-corrected chi connectivity index (χ1v) is 6.13. The van der Waals surface area contributed by atoms with E-state index in [2.05, 4.69) is 40.2 Å². The molecule has 3 rings (SSSR count). The molecule has 0 aliphatic heterocycles. The normalized spacial score (nSPS) is 11.8. The predicted octanol–water partition coefficient (Wildman–Crippen LogP) is 2.61. The molecule has 0 aliphatic carbocycles. The van der Waals surface area contributed by atoms with Crippen LogP contribution >= 0.6 is 0 Å². The molecule has 0 bridgehead atoms. The van der Waals surface area contributed by atoms with E-state index in [0.717, 1.165) is 27.9 Å². The first kappa shape index (κ1) is 11.1. The zero-order valence-electron chi connectivity index (χ0n) is 11.1. The van der Waals surface area contributed by atoms with Crippen molar-refractivity contribution in [3.63, 3.8) is 0 Å². The summed E-state index contributed by atoms with van der Waals surface area (Å²) >= 11 is 0. The Labute approximate surface area is 105 Å². The van der Waals surface area contributed by atoms with Crippen LogP contribution in [0.5, 0.6) is 0 Å². The second-order valence-electron chi connectivity index (χ2n) is 4.90. The minimum Gasteiger partial charge on any atom is -0.371 e. The molecule has 0 unspecified atom stereocenters. The van der Waals surface area contributed by atoms with Crippen LogP contribution < -0.4 is 5.32 Å². The van der Waals surface area contributed by atoms with E-state index in [4.69, 9.17) is 0 Å². The number of aromatic nitrogens is 4. The third-order valence-corrected chi connectivity index (χ3v) is 3.32. The number of anilines is 1. The van der Waals surface area contributed by atoms with Crippen LogP contribution in [0.25, 0.3) is 22.1 Å². The lowest BCUT2D eigenvalue weighted by molar-refractivity contribution is 0.835. The van der Waals surface area contributed by atoms with Gasteiger partial charge in [0.05, 0.1) is 11.8 Å². The van der Waals surface area contributed by atoms with Gasteiger partial charge in [-0.1, -0.05) is 13.8 Å². The van der Waals surface area contributed by atoms with Gasteiger partial charge >= 0.3 is 0 Å². The minimum absolute atomic E-state index is 0.459. The molecule has 2 N–H and O–H groups in total. The SMILES string of the molecule is CNc1nc2[nH]c(C(C)C)cc2c2c1ncn2C. The van der Waals surface area contributed by atoms with Gasteiger partial charge in [-0.25, -0.2) is 9.97 Å². The van der Waals surface area contributed by atoms with Crippen LogP contribution in [0.1, 0.15) is 25.5 Å². The lowest BCUT2D eigenvalue weighted by Crippen LogP contribution is -1.95. The average Bonchev–Trinajstić information content (AvgIpc) is 2.91. The average molecular weight is 243 g/mol. The molecule has 5 nitrogen and oxygen atoms in total. The van der Waals surface area contributed by atoms with E-state index in [1.165, 1.54) is 5.69 Å². The molecule has 0 saturated heterocycles. The number of nitrogens with zero attached hydrogens (tertiary/aromatic N) is 3. The Hall–Kier alpha value is -2.04. The van der Waals surface area contributed by atoms with Crippen molar-refractivity contribution in [2.45, 2.75) is 19.8 Å². The highest BCUT2D eigenvalue weighted by Crippen LogP contribution is 2.30. The zero-order chi connectivity index (χ0) is 12.9. The molecule has 94 valence electrons. The maximum Gasteiger partial charge on any atom is 0.156 e. The number of rotatable bonds is 2. The van der Waals surface area contributed by atoms with E-state index in [-0.39, 0.29) is 0 Å². The summed E-state index contributed by atoms with van der Waals surface area (Å²) in [6.07, 6.45) is 1.83. The van der Waals surface area contributed by atoms with E-state index in [0.29, 0.717) is 5.92 Å². The monoisotopic (exact) mass is 243 g/mol. The second kappa shape index (κ2) is 3.73. The first-order chi connectivity index (χ1) is 8.61. The van der Waals surface area contributed by atoms with Crippen LogP contribution in [0.3, 0.4) is 0 Å². The summed E-state index contributed by atoms with van der Waals surface area (Å²) in [5.41, 5.74) is 4.15. The molecule has 0 amide bonds. The summed E-state index contributed by atoms with van der Waals surface area (Å²) in [7, 11) is 3.88. The molecule has 0 aromatic carbocycles. The van der Waals surface area contributed by atoms with E-state index >= 15 is 0 Å². The Morgan fingerprint density at radius 2 is 2.17 bits per heavy atom. The smallest absolute Gasteiger partial charge is 0.156 e. The fourth-order valence-electron chi connectivity index (χ4n) is 2.30. The molecule has 0 spiro atoms. The van der Waals surface area contributed by atoms with Crippen molar-refractivity contribution < 1.29 is 0 Å². The second-order valence-corrected chi connectivity index (χ2v) is 4.90. The summed E-state index contributed by atoms with van der Waals surface area (Å²) in [4.78, 5) is 12.4. The molecule has 3 heterocycles. The van der Waals surface area contributed by atoms with Crippen LogP contribution in [0.2, 0.25) is 0 Å². The first-order valence-electron chi connectivity index (χ1n) is 6.13. The van der Waals surface area contributed by atoms with E-state index < -0.39 is 0 Å². The Kier molecular flexibility index (Phi) is 2.29. The number of H-pyrrole nitrogens is 1. The third-order valence-electron chi connectivity index (χ3n) is 3.32. The number of aryl methyl sites for hydroxylation is 1. The molecule has 0 saturated carbocycles. The van der Waals surface area contributed by atoms with Crippen molar-refractivity contribution in [3.05, 3.63) is 18.1 Å². The molecule has 0 atom stereocenters. The molecule has 3 aromatic heterocycles. The maximum atomic E-state index is 4.60. The van der Waals surface area contributed by atoms with Gasteiger partial charge in [0, 0.05) is 25.2 Å². The summed E-state index contributed by atoms with van der Waals surface area (Å²) in [5.74, 6) is 1.27. The number of aromatic amines is 1. The number of fused-ring (bicyclic) bond motifs is 3. The Bertz CT molecular complexity index is 720. The number of imidazole rings is 1. The van der Waals surface area contributed by atoms with Gasteiger partial charge in [0.25, 0.3) is 0 Å². The minimum atomic E-state index is 0.459. The van der Waals surface area contributed by atoms with E-state index in [9.17, 15) is 0 Å². The van der Waals surface area contributed by atoms with Crippen molar-refractivity contribution in [1.82, 2.24) is 19.5 Å². The van der Waals surface area contributed by atoms with Crippen LogP contribution in [0.4, 0.5) is 5.82 Å². The molecular weight excluding hydrogens is 226 g/mol. The van der Waals surface area contributed by atoms with Gasteiger partial charge in [-0.3, -0.25) is 0 Å². The molecule has 5 heteroatoms. The van der Waals surface area contributed by atoms with E-state index in [1.807, 2.05) is 25.0 Å². The molecular formula is C13H17N5. The van der Waals surface area contributed by atoms with Crippen molar-refractivity contribution in [3.8, 4) is 0 Å². The summed E-state index contributed by atoms with van der Waals surface area (Å²) in [6.45, 7) is 4.34. The van der Waals surface area contributed by atoms with Crippen molar-refractivity contribution in [1.29, 1.82) is 0 Å². The Balaban J connectivity index is 2.46. The summed E-state index contributed by atoms with van der Waals surface area (Å²) in [5, 5.41) is 4.24. The number of pyridine rings is 1. The predicted molar refractivity (Wildman–Crippen MR) is 74.0 cm³/mol. The van der Waals surface area contributed by atoms with Crippen LogP contribution in [-0.2, 0) is 7.05 Å². The molecule has 0 radical (unpaired) electrons. The molecule has 0 fully saturated rings. The molecule has 3 aromatic rings. The number of hydrogen-bond donors (Lipinski definition) is 2. The largest absolute Gasteiger partial charge is 0.371 e. The highest BCUT2D eigenvalue weighted by Gasteiger charge is 2.15. The van der Waals surface area contributed by atoms with Gasteiger partial charge in [-0.15, -0.1) is 0 Å². The lowest BCUT2D eigenvalue weighted by Gasteiger charge is -2.02. The fourth-order valence-corrected chi connectivity index (χ4v) is 2.30. The quantitative estimate of drug-likeness (QED) is 0.727. The van der Waals surface area contributed by atoms with E-state index in [1.54, 1.807) is 0 Å². The number of hydrogen-bond acceptors (Lipinski definition) is 3. The Morgan fingerprint density at radius 1 is 1.39 bits per heavy atom. The topological polar surface area (TPSA) is 58.5 Å². The van der Waals surface area contributed by atoms with Crippen molar-refractivity contribution >= 4 is 27.9 Å². The van der Waals surface area contributed by atoms with Gasteiger partial charge in [-0.05, 0) is 12.0 Å². The van der Waals surface area contributed by atoms with Gasteiger partial charge in [-0.2, -0.15) is 0 Å². The Morgan fingerprint density at radius 3 is 2.83 bits per heavy atom. The summed E-state index contributed by atoms with van der Waals surface area (Å²) < 4.78 is 2.04.